The van der Waals surface area contributed by atoms with Crippen LogP contribution in [-0.4, -0.2) is 39.5 Å². The Hall–Kier alpha value is -2.25. The van der Waals surface area contributed by atoms with Gasteiger partial charge in [-0.15, -0.1) is 6.58 Å². The van der Waals surface area contributed by atoms with Gasteiger partial charge in [0.05, 0.1) is 5.69 Å². The number of likely N-dealkylation sites (tertiary alicyclic amines) is 1. The average Bonchev–Trinajstić information content (AvgIpc) is 2.98. The van der Waals surface area contributed by atoms with Crippen molar-refractivity contribution in [3.8, 4) is 0 Å². The van der Waals surface area contributed by atoms with E-state index in [1.165, 1.54) is 40.7 Å². The third-order valence-corrected chi connectivity index (χ3v) is 7.64. The SMILES string of the molecule is C=CCN1CCC2(CC1)CN(S(=O)(=O)c1ccccc1F)c1ccc(F)cc12. The summed E-state index contributed by atoms with van der Waals surface area (Å²) < 4.78 is 56.1. The predicted molar refractivity (Wildman–Crippen MR) is 105 cm³/mol. The summed E-state index contributed by atoms with van der Waals surface area (Å²) in [5.74, 6) is -1.18. The molecule has 2 aromatic rings. The van der Waals surface area contributed by atoms with Crippen molar-refractivity contribution in [2.75, 3.05) is 30.5 Å². The number of halogens is 2. The summed E-state index contributed by atoms with van der Waals surface area (Å²) in [5.41, 5.74) is 0.681. The number of sulfonamides is 1. The molecule has 1 fully saturated rings. The van der Waals surface area contributed by atoms with E-state index in [-0.39, 0.29) is 11.4 Å². The van der Waals surface area contributed by atoms with Gasteiger partial charge in [0.2, 0.25) is 0 Å². The lowest BCUT2D eigenvalue weighted by Crippen LogP contribution is -2.46. The van der Waals surface area contributed by atoms with Crippen LogP contribution < -0.4 is 4.31 Å². The Balaban J connectivity index is 1.76. The van der Waals surface area contributed by atoms with Gasteiger partial charge in [-0.05, 0) is 61.8 Å². The van der Waals surface area contributed by atoms with Gasteiger partial charge in [-0.25, -0.2) is 17.2 Å². The maximum absolute atomic E-state index is 14.3. The zero-order chi connectivity index (χ0) is 19.9. The molecule has 0 atom stereocenters. The van der Waals surface area contributed by atoms with Crippen molar-refractivity contribution in [3.63, 3.8) is 0 Å². The van der Waals surface area contributed by atoms with Gasteiger partial charge in [0, 0.05) is 18.5 Å². The Morgan fingerprint density at radius 2 is 1.82 bits per heavy atom. The highest BCUT2D eigenvalue weighted by Crippen LogP contribution is 2.49. The molecular formula is C21H22F2N2O2S. The summed E-state index contributed by atoms with van der Waals surface area (Å²) in [4.78, 5) is 1.89. The molecule has 0 aliphatic carbocycles. The number of fused-ring (bicyclic) bond motifs is 2. The maximum Gasteiger partial charge on any atom is 0.267 e. The van der Waals surface area contributed by atoms with E-state index in [2.05, 4.69) is 11.5 Å². The van der Waals surface area contributed by atoms with E-state index >= 15 is 0 Å². The molecule has 0 amide bonds. The second kappa shape index (κ2) is 6.97. The molecule has 2 aliphatic heterocycles. The summed E-state index contributed by atoms with van der Waals surface area (Å²) >= 11 is 0. The third kappa shape index (κ3) is 3.02. The fourth-order valence-corrected chi connectivity index (χ4v) is 5.99. The van der Waals surface area contributed by atoms with E-state index in [0.717, 1.165) is 25.7 Å². The van der Waals surface area contributed by atoms with Crippen LogP contribution in [0.25, 0.3) is 0 Å². The minimum Gasteiger partial charge on any atom is -0.300 e. The number of rotatable bonds is 4. The van der Waals surface area contributed by atoms with E-state index in [0.29, 0.717) is 24.1 Å². The van der Waals surface area contributed by atoms with E-state index in [4.69, 9.17) is 0 Å². The summed E-state index contributed by atoms with van der Waals surface area (Å²) in [6.45, 7) is 6.28. The molecule has 0 radical (unpaired) electrons. The molecule has 0 saturated carbocycles. The summed E-state index contributed by atoms with van der Waals surface area (Å²) in [5, 5.41) is 0. The molecule has 0 unspecified atom stereocenters. The molecule has 0 aromatic heterocycles. The molecule has 0 N–H and O–H groups in total. The molecule has 2 aliphatic rings. The molecular weight excluding hydrogens is 382 g/mol. The standard InChI is InChI=1S/C21H22F2N2O2S/c1-2-11-24-12-9-21(10-13-24)15-25(19-8-7-16(22)14-17(19)21)28(26,27)20-6-4-3-5-18(20)23/h2-8,14H,1,9-13,15H2. The van der Waals surface area contributed by atoms with E-state index < -0.39 is 27.1 Å². The topological polar surface area (TPSA) is 40.6 Å². The first-order valence-electron chi connectivity index (χ1n) is 9.28. The first kappa shape index (κ1) is 19.1. The lowest BCUT2D eigenvalue weighted by Gasteiger charge is -2.39. The summed E-state index contributed by atoms with van der Waals surface area (Å²) in [6.07, 6.45) is 3.26. The van der Waals surface area contributed by atoms with Crippen LogP contribution >= 0.6 is 0 Å². The van der Waals surface area contributed by atoms with E-state index in [1.807, 2.05) is 6.08 Å². The largest absolute Gasteiger partial charge is 0.300 e. The van der Waals surface area contributed by atoms with Gasteiger partial charge in [0.25, 0.3) is 10.0 Å². The quantitative estimate of drug-likeness (QED) is 0.730. The van der Waals surface area contributed by atoms with Crippen LogP contribution in [0.5, 0.6) is 0 Å². The molecule has 2 heterocycles. The van der Waals surface area contributed by atoms with Crippen molar-refractivity contribution in [2.24, 2.45) is 0 Å². The van der Waals surface area contributed by atoms with Gasteiger partial charge in [0.1, 0.15) is 16.5 Å². The van der Waals surface area contributed by atoms with E-state index in [9.17, 15) is 17.2 Å². The summed E-state index contributed by atoms with van der Waals surface area (Å²) in [7, 11) is -4.09. The second-order valence-electron chi connectivity index (χ2n) is 7.47. The highest BCUT2D eigenvalue weighted by atomic mass is 32.2. The Kier molecular flexibility index (Phi) is 4.75. The molecule has 1 spiro atoms. The van der Waals surface area contributed by atoms with Gasteiger partial charge in [-0.1, -0.05) is 18.2 Å². The highest BCUT2D eigenvalue weighted by Gasteiger charge is 2.48. The molecule has 2 aromatic carbocycles. The van der Waals surface area contributed by atoms with E-state index in [1.54, 1.807) is 0 Å². The van der Waals surface area contributed by atoms with Crippen molar-refractivity contribution in [1.82, 2.24) is 4.90 Å². The summed E-state index contributed by atoms with van der Waals surface area (Å²) in [6, 6.07) is 9.56. The van der Waals surface area contributed by atoms with Crippen molar-refractivity contribution >= 4 is 15.7 Å². The molecule has 1 saturated heterocycles. The van der Waals surface area contributed by atoms with Crippen molar-refractivity contribution in [3.05, 3.63) is 72.3 Å². The van der Waals surface area contributed by atoms with Crippen molar-refractivity contribution in [1.29, 1.82) is 0 Å². The minimum atomic E-state index is -4.09. The van der Waals surface area contributed by atoms with Crippen molar-refractivity contribution < 1.29 is 17.2 Å². The zero-order valence-corrected chi connectivity index (χ0v) is 16.3. The maximum atomic E-state index is 14.3. The van der Waals surface area contributed by atoms with Crippen LogP contribution in [-0.2, 0) is 15.4 Å². The van der Waals surface area contributed by atoms with Gasteiger partial charge >= 0.3 is 0 Å². The van der Waals surface area contributed by atoms with Gasteiger partial charge < -0.3 is 0 Å². The van der Waals surface area contributed by atoms with Gasteiger partial charge in [0.15, 0.2) is 0 Å². The smallest absolute Gasteiger partial charge is 0.267 e. The monoisotopic (exact) mass is 404 g/mol. The zero-order valence-electron chi connectivity index (χ0n) is 15.4. The third-order valence-electron chi connectivity index (χ3n) is 5.85. The lowest BCUT2D eigenvalue weighted by atomic mass is 9.74. The van der Waals surface area contributed by atoms with Gasteiger partial charge in [-0.3, -0.25) is 9.21 Å². The predicted octanol–water partition coefficient (Wildman–Crippen LogP) is 3.69. The fourth-order valence-electron chi connectivity index (χ4n) is 4.36. The number of hydrogen-bond donors (Lipinski definition) is 0. The van der Waals surface area contributed by atoms with Gasteiger partial charge in [-0.2, -0.15) is 0 Å². The van der Waals surface area contributed by atoms with Crippen LogP contribution in [0.4, 0.5) is 14.5 Å². The van der Waals surface area contributed by atoms with Crippen LogP contribution in [0.2, 0.25) is 0 Å². The molecule has 28 heavy (non-hydrogen) atoms. The first-order chi connectivity index (χ1) is 13.4. The first-order valence-corrected chi connectivity index (χ1v) is 10.7. The van der Waals surface area contributed by atoms with Crippen LogP contribution in [0.3, 0.4) is 0 Å². The Labute approximate surface area is 164 Å². The molecule has 4 nitrogen and oxygen atoms in total. The molecule has 148 valence electrons. The Morgan fingerprint density at radius 3 is 2.50 bits per heavy atom. The fraction of sp³-hybridized carbons (Fsp3) is 0.333. The van der Waals surface area contributed by atoms with Crippen LogP contribution in [0.1, 0.15) is 18.4 Å². The normalized spacial score (nSPS) is 19.0. The molecule has 0 bridgehead atoms. The number of piperidine rings is 1. The highest BCUT2D eigenvalue weighted by molar-refractivity contribution is 7.92. The molecule has 7 heteroatoms. The van der Waals surface area contributed by atoms with Crippen molar-refractivity contribution in [2.45, 2.75) is 23.2 Å². The number of hydrogen-bond acceptors (Lipinski definition) is 3. The Morgan fingerprint density at radius 1 is 1.11 bits per heavy atom. The number of anilines is 1. The minimum absolute atomic E-state index is 0.199. The van der Waals surface area contributed by atoms with Crippen LogP contribution in [0, 0.1) is 11.6 Å². The number of nitrogens with zero attached hydrogens (tertiary/aromatic N) is 2. The van der Waals surface area contributed by atoms with Crippen LogP contribution in [0.15, 0.2) is 60.0 Å². The second-order valence-corrected chi connectivity index (χ2v) is 9.30. The molecule has 4 rings (SSSR count). The average molecular weight is 404 g/mol. The lowest BCUT2D eigenvalue weighted by molar-refractivity contribution is 0.182. The Bertz CT molecular complexity index is 1010. The number of benzene rings is 2.